The summed E-state index contributed by atoms with van der Waals surface area (Å²) in [5.41, 5.74) is 0.612. The number of rotatable bonds is 5. The highest BCUT2D eigenvalue weighted by atomic mass is 16.5. The molecule has 23 heavy (non-hydrogen) atoms. The molecule has 1 N–H and O–H groups in total. The average Bonchev–Trinajstić information content (AvgIpc) is 3.08. The number of nitrogens with one attached hydrogen (secondary N) is 1. The standard InChI is InChI=1S/C17H13N3O3/c21-16(7-6-14-5-2-10-22-14)20-13-3-1-4-15(11-13)23-17-12-18-8-9-19-17/h1-12H,(H,20,21)/b7-6+. The maximum atomic E-state index is 11.9. The van der Waals surface area contributed by atoms with Gasteiger partial charge in [-0.3, -0.25) is 9.78 Å². The van der Waals surface area contributed by atoms with E-state index in [1.54, 1.807) is 61.1 Å². The molecule has 0 bridgehead atoms. The fourth-order valence-corrected chi connectivity index (χ4v) is 1.82. The monoisotopic (exact) mass is 307 g/mol. The van der Waals surface area contributed by atoms with E-state index in [1.165, 1.54) is 12.3 Å². The highest BCUT2D eigenvalue weighted by Gasteiger charge is 2.02. The first kappa shape index (κ1) is 14.5. The van der Waals surface area contributed by atoms with E-state index in [-0.39, 0.29) is 5.91 Å². The molecular formula is C17H13N3O3. The Morgan fingerprint density at radius 1 is 1.22 bits per heavy atom. The second-order valence-corrected chi connectivity index (χ2v) is 4.51. The van der Waals surface area contributed by atoms with E-state index in [1.807, 2.05) is 0 Å². The summed E-state index contributed by atoms with van der Waals surface area (Å²) in [5.74, 6) is 1.28. The lowest BCUT2D eigenvalue weighted by atomic mass is 10.3. The molecule has 0 spiro atoms. The summed E-state index contributed by atoms with van der Waals surface area (Å²) in [7, 11) is 0. The van der Waals surface area contributed by atoms with Gasteiger partial charge in [0.15, 0.2) is 0 Å². The van der Waals surface area contributed by atoms with Crippen LogP contribution < -0.4 is 10.1 Å². The third kappa shape index (κ3) is 4.28. The van der Waals surface area contributed by atoms with Crippen LogP contribution in [0.25, 0.3) is 6.08 Å². The molecule has 0 aliphatic rings. The number of carbonyl (C=O) groups excluding carboxylic acids is 1. The van der Waals surface area contributed by atoms with Crippen LogP contribution in [0.4, 0.5) is 5.69 Å². The number of anilines is 1. The molecule has 0 aliphatic carbocycles. The molecule has 1 amide bonds. The molecule has 1 aromatic carbocycles. The molecule has 0 saturated heterocycles. The maximum absolute atomic E-state index is 11.9. The molecule has 6 nitrogen and oxygen atoms in total. The summed E-state index contributed by atoms with van der Waals surface area (Å²) in [5, 5.41) is 2.75. The highest BCUT2D eigenvalue weighted by molar-refractivity contribution is 6.01. The molecule has 0 atom stereocenters. The van der Waals surface area contributed by atoms with Gasteiger partial charge in [-0.15, -0.1) is 0 Å². The average molecular weight is 307 g/mol. The number of amides is 1. The molecule has 0 fully saturated rings. The molecule has 0 unspecified atom stereocenters. The predicted octanol–water partition coefficient (Wildman–Crippen LogP) is 3.51. The Morgan fingerprint density at radius 2 is 2.17 bits per heavy atom. The van der Waals surface area contributed by atoms with E-state index in [2.05, 4.69) is 15.3 Å². The number of carbonyl (C=O) groups is 1. The Morgan fingerprint density at radius 3 is 2.96 bits per heavy atom. The summed E-state index contributed by atoms with van der Waals surface area (Å²) in [6, 6.07) is 10.5. The summed E-state index contributed by atoms with van der Waals surface area (Å²) < 4.78 is 10.7. The zero-order valence-electron chi connectivity index (χ0n) is 12.0. The number of ether oxygens (including phenoxy) is 1. The summed E-state index contributed by atoms with van der Waals surface area (Å²) in [6.45, 7) is 0. The van der Waals surface area contributed by atoms with Gasteiger partial charge in [0.1, 0.15) is 11.5 Å². The maximum Gasteiger partial charge on any atom is 0.248 e. The minimum atomic E-state index is -0.266. The Kier molecular flexibility index (Phi) is 4.44. The van der Waals surface area contributed by atoms with Crippen molar-refractivity contribution < 1.29 is 13.9 Å². The lowest BCUT2D eigenvalue weighted by Crippen LogP contribution is -2.07. The van der Waals surface area contributed by atoms with Crippen LogP contribution in [0.5, 0.6) is 11.6 Å². The molecule has 114 valence electrons. The topological polar surface area (TPSA) is 77.2 Å². The molecule has 3 aromatic rings. The Balaban J connectivity index is 1.64. The molecule has 0 radical (unpaired) electrons. The van der Waals surface area contributed by atoms with Crippen molar-refractivity contribution in [3.05, 3.63) is 73.1 Å². The van der Waals surface area contributed by atoms with E-state index in [0.29, 0.717) is 23.1 Å². The van der Waals surface area contributed by atoms with Gasteiger partial charge in [0.05, 0.1) is 12.5 Å². The lowest BCUT2D eigenvalue weighted by molar-refractivity contribution is -0.111. The molecule has 0 saturated carbocycles. The van der Waals surface area contributed by atoms with Gasteiger partial charge in [-0.05, 0) is 30.3 Å². The molecular weight excluding hydrogens is 294 g/mol. The van der Waals surface area contributed by atoms with Crippen LogP contribution in [0.1, 0.15) is 5.76 Å². The Hall–Kier alpha value is -3.41. The number of nitrogens with zero attached hydrogens (tertiary/aromatic N) is 2. The summed E-state index contributed by atoms with van der Waals surface area (Å²) in [6.07, 6.45) is 9.15. The van der Waals surface area contributed by atoms with Gasteiger partial charge in [-0.25, -0.2) is 4.98 Å². The first-order valence-electron chi connectivity index (χ1n) is 6.86. The first-order chi connectivity index (χ1) is 11.3. The minimum absolute atomic E-state index is 0.266. The van der Waals surface area contributed by atoms with Gasteiger partial charge in [-0.1, -0.05) is 6.07 Å². The largest absolute Gasteiger partial charge is 0.465 e. The van der Waals surface area contributed by atoms with Crippen LogP contribution in [0.15, 0.2) is 71.7 Å². The van der Waals surface area contributed by atoms with Gasteiger partial charge in [-0.2, -0.15) is 0 Å². The Bertz CT molecular complexity index is 799. The van der Waals surface area contributed by atoms with E-state index >= 15 is 0 Å². The number of furan rings is 1. The van der Waals surface area contributed by atoms with Crippen molar-refractivity contribution in [3.8, 4) is 11.6 Å². The highest BCUT2D eigenvalue weighted by Crippen LogP contribution is 2.22. The van der Waals surface area contributed by atoms with Gasteiger partial charge in [0.25, 0.3) is 0 Å². The molecule has 3 rings (SSSR count). The number of hydrogen-bond acceptors (Lipinski definition) is 5. The molecule has 2 aromatic heterocycles. The fourth-order valence-electron chi connectivity index (χ4n) is 1.82. The van der Waals surface area contributed by atoms with Crippen LogP contribution in [-0.4, -0.2) is 15.9 Å². The van der Waals surface area contributed by atoms with Crippen LogP contribution >= 0.6 is 0 Å². The lowest BCUT2D eigenvalue weighted by Gasteiger charge is -2.06. The normalized spacial score (nSPS) is 10.6. The third-order valence-electron chi connectivity index (χ3n) is 2.81. The van der Waals surface area contributed by atoms with Crippen LogP contribution in [0.2, 0.25) is 0 Å². The predicted molar refractivity (Wildman–Crippen MR) is 84.9 cm³/mol. The molecule has 2 heterocycles. The number of aromatic nitrogens is 2. The van der Waals surface area contributed by atoms with Crippen molar-refractivity contribution in [1.29, 1.82) is 0 Å². The molecule has 0 aliphatic heterocycles. The van der Waals surface area contributed by atoms with Crippen molar-refractivity contribution in [2.45, 2.75) is 0 Å². The zero-order chi connectivity index (χ0) is 15.9. The van der Waals surface area contributed by atoms with Gasteiger partial charge >= 0.3 is 0 Å². The first-order valence-corrected chi connectivity index (χ1v) is 6.86. The minimum Gasteiger partial charge on any atom is -0.465 e. The Labute approximate surface area is 132 Å². The van der Waals surface area contributed by atoms with Crippen molar-refractivity contribution in [3.63, 3.8) is 0 Å². The summed E-state index contributed by atoms with van der Waals surface area (Å²) >= 11 is 0. The van der Waals surface area contributed by atoms with Crippen LogP contribution in [0, 0.1) is 0 Å². The van der Waals surface area contributed by atoms with E-state index in [4.69, 9.17) is 9.15 Å². The fraction of sp³-hybridized carbons (Fsp3) is 0. The van der Waals surface area contributed by atoms with Crippen LogP contribution in [-0.2, 0) is 4.79 Å². The second kappa shape index (κ2) is 7.04. The third-order valence-corrected chi connectivity index (χ3v) is 2.81. The van der Waals surface area contributed by atoms with Crippen molar-refractivity contribution in [2.24, 2.45) is 0 Å². The summed E-state index contributed by atoms with van der Waals surface area (Å²) in [4.78, 5) is 19.8. The molecule has 6 heteroatoms. The van der Waals surface area contributed by atoms with Crippen molar-refractivity contribution >= 4 is 17.7 Å². The van der Waals surface area contributed by atoms with Crippen molar-refractivity contribution in [1.82, 2.24) is 9.97 Å². The van der Waals surface area contributed by atoms with E-state index in [9.17, 15) is 4.79 Å². The number of benzene rings is 1. The van der Waals surface area contributed by atoms with Crippen molar-refractivity contribution in [2.75, 3.05) is 5.32 Å². The SMILES string of the molecule is O=C(/C=C/c1ccco1)Nc1cccc(Oc2cnccn2)c1. The van der Waals surface area contributed by atoms with Gasteiger partial charge < -0.3 is 14.5 Å². The smallest absolute Gasteiger partial charge is 0.248 e. The van der Waals surface area contributed by atoms with E-state index in [0.717, 1.165) is 0 Å². The van der Waals surface area contributed by atoms with E-state index < -0.39 is 0 Å². The van der Waals surface area contributed by atoms with Crippen LogP contribution in [0.3, 0.4) is 0 Å². The zero-order valence-corrected chi connectivity index (χ0v) is 12.0. The quantitative estimate of drug-likeness (QED) is 0.730. The van der Waals surface area contributed by atoms with Gasteiger partial charge in [0.2, 0.25) is 11.8 Å². The second-order valence-electron chi connectivity index (χ2n) is 4.51. The number of hydrogen-bond donors (Lipinski definition) is 1. The van der Waals surface area contributed by atoms with Gasteiger partial charge in [0, 0.05) is 30.2 Å².